The van der Waals surface area contributed by atoms with E-state index in [-0.39, 0.29) is 17.9 Å². The number of halogens is 1. The maximum absolute atomic E-state index is 14.7. The standard InChI is InChI=1S/C30H29FN2O4/c1-20(24-10-6-8-21-7-2-3-9-25(21)24)32-16-15-23-18-33(27-11-4-5-12-29(27)37-23)22-13-14-28(26(31)17-22)36-19-30(34)35/h2-14,17,20,23,32H,15-16,18-19H2,1H3,(H,34,35)/t20-,23?/m1/s1. The van der Waals surface area contributed by atoms with Crippen LogP contribution in [-0.4, -0.2) is 36.9 Å². The Balaban J connectivity index is 1.28. The second-order valence-corrected chi connectivity index (χ2v) is 9.15. The van der Waals surface area contributed by atoms with Crippen molar-refractivity contribution in [3.05, 3.63) is 96.3 Å². The lowest BCUT2D eigenvalue weighted by Gasteiger charge is -2.36. The van der Waals surface area contributed by atoms with E-state index in [0.29, 0.717) is 12.2 Å². The van der Waals surface area contributed by atoms with Crippen molar-refractivity contribution in [2.45, 2.75) is 25.5 Å². The summed E-state index contributed by atoms with van der Waals surface area (Å²) in [6.45, 7) is 2.88. The van der Waals surface area contributed by atoms with Crippen LogP contribution in [0.1, 0.15) is 24.9 Å². The van der Waals surface area contributed by atoms with Crippen molar-refractivity contribution < 1.29 is 23.8 Å². The number of hydrogen-bond acceptors (Lipinski definition) is 5. The number of anilines is 2. The highest BCUT2D eigenvalue weighted by Crippen LogP contribution is 2.39. The Morgan fingerprint density at radius 3 is 2.73 bits per heavy atom. The van der Waals surface area contributed by atoms with Crippen molar-refractivity contribution in [3.63, 3.8) is 0 Å². The molecule has 1 unspecified atom stereocenters. The van der Waals surface area contributed by atoms with Gasteiger partial charge in [0.05, 0.1) is 12.2 Å². The predicted octanol–water partition coefficient (Wildman–Crippen LogP) is 6.08. The van der Waals surface area contributed by atoms with Crippen LogP contribution < -0.4 is 19.7 Å². The van der Waals surface area contributed by atoms with Gasteiger partial charge in [-0.15, -0.1) is 0 Å². The molecule has 0 bridgehead atoms. The highest BCUT2D eigenvalue weighted by molar-refractivity contribution is 5.86. The molecule has 0 saturated carbocycles. The number of aliphatic carboxylic acids is 1. The van der Waals surface area contributed by atoms with Crippen LogP contribution in [0.5, 0.6) is 11.5 Å². The molecule has 0 aromatic heterocycles. The molecule has 0 amide bonds. The Labute approximate surface area is 215 Å². The van der Waals surface area contributed by atoms with Crippen LogP contribution in [0.2, 0.25) is 0 Å². The molecule has 5 rings (SSSR count). The molecular formula is C30H29FN2O4. The van der Waals surface area contributed by atoms with Crippen LogP contribution in [0, 0.1) is 5.82 Å². The molecule has 1 aliphatic heterocycles. The highest BCUT2D eigenvalue weighted by Gasteiger charge is 2.27. The van der Waals surface area contributed by atoms with Gasteiger partial charge in [-0.3, -0.25) is 0 Å². The second kappa shape index (κ2) is 10.9. The van der Waals surface area contributed by atoms with Gasteiger partial charge in [0, 0.05) is 17.8 Å². The third kappa shape index (κ3) is 5.52. The predicted molar refractivity (Wildman–Crippen MR) is 142 cm³/mol. The number of nitrogens with one attached hydrogen (secondary N) is 1. The molecule has 0 aliphatic carbocycles. The fourth-order valence-corrected chi connectivity index (χ4v) is 4.81. The van der Waals surface area contributed by atoms with Gasteiger partial charge in [0.15, 0.2) is 18.2 Å². The molecule has 2 N–H and O–H groups in total. The van der Waals surface area contributed by atoms with E-state index in [0.717, 1.165) is 24.4 Å². The third-order valence-corrected chi connectivity index (χ3v) is 6.62. The van der Waals surface area contributed by atoms with Crippen LogP contribution in [-0.2, 0) is 4.79 Å². The molecule has 37 heavy (non-hydrogen) atoms. The molecule has 190 valence electrons. The number of nitrogens with zero attached hydrogens (tertiary/aromatic N) is 1. The number of rotatable bonds is 9. The maximum atomic E-state index is 14.7. The van der Waals surface area contributed by atoms with E-state index in [1.165, 1.54) is 28.5 Å². The van der Waals surface area contributed by atoms with Crippen LogP contribution in [0.15, 0.2) is 84.9 Å². The van der Waals surface area contributed by atoms with Crippen molar-refractivity contribution in [2.24, 2.45) is 0 Å². The number of hydrogen-bond donors (Lipinski definition) is 2. The molecule has 1 aliphatic rings. The monoisotopic (exact) mass is 500 g/mol. The first kappa shape index (κ1) is 24.6. The summed E-state index contributed by atoms with van der Waals surface area (Å²) in [6.07, 6.45) is 0.663. The van der Waals surface area contributed by atoms with Gasteiger partial charge < -0.3 is 24.8 Å². The van der Waals surface area contributed by atoms with Crippen molar-refractivity contribution in [1.82, 2.24) is 5.32 Å². The summed E-state index contributed by atoms with van der Waals surface area (Å²) in [5, 5.41) is 14.9. The average molecular weight is 501 g/mol. The minimum absolute atomic E-state index is 0.0872. The maximum Gasteiger partial charge on any atom is 0.341 e. The average Bonchev–Trinajstić information content (AvgIpc) is 2.91. The fraction of sp³-hybridized carbons (Fsp3) is 0.233. The lowest BCUT2D eigenvalue weighted by atomic mass is 9.99. The second-order valence-electron chi connectivity index (χ2n) is 9.15. The molecule has 0 spiro atoms. The van der Waals surface area contributed by atoms with E-state index in [1.807, 2.05) is 29.2 Å². The molecule has 2 atom stereocenters. The summed E-state index contributed by atoms with van der Waals surface area (Å²) in [5.41, 5.74) is 2.77. The SMILES string of the molecule is C[C@@H](NCCC1CN(c2ccc(OCC(=O)O)c(F)c2)c2ccccc2O1)c1cccc2ccccc12. The first-order valence-electron chi connectivity index (χ1n) is 12.4. The first-order chi connectivity index (χ1) is 18.0. The van der Waals surface area contributed by atoms with Crippen LogP contribution in [0.3, 0.4) is 0 Å². The lowest BCUT2D eigenvalue weighted by molar-refractivity contribution is -0.139. The van der Waals surface area contributed by atoms with Crippen molar-refractivity contribution in [1.29, 1.82) is 0 Å². The number of fused-ring (bicyclic) bond motifs is 2. The smallest absolute Gasteiger partial charge is 0.341 e. The molecule has 0 radical (unpaired) electrons. The highest BCUT2D eigenvalue weighted by atomic mass is 19.1. The topological polar surface area (TPSA) is 71.0 Å². The summed E-state index contributed by atoms with van der Waals surface area (Å²) >= 11 is 0. The zero-order valence-electron chi connectivity index (χ0n) is 20.6. The van der Waals surface area contributed by atoms with Gasteiger partial charge >= 0.3 is 5.97 Å². The van der Waals surface area contributed by atoms with Crippen LogP contribution in [0.25, 0.3) is 10.8 Å². The van der Waals surface area contributed by atoms with Gasteiger partial charge in [0.25, 0.3) is 0 Å². The largest absolute Gasteiger partial charge is 0.486 e. The minimum atomic E-state index is -1.16. The summed E-state index contributed by atoms with van der Waals surface area (Å²) < 4.78 is 26.0. The van der Waals surface area contributed by atoms with Gasteiger partial charge in [-0.2, -0.15) is 0 Å². The van der Waals surface area contributed by atoms with Crippen LogP contribution >= 0.6 is 0 Å². The zero-order valence-corrected chi connectivity index (χ0v) is 20.6. The van der Waals surface area contributed by atoms with E-state index in [4.69, 9.17) is 14.6 Å². The van der Waals surface area contributed by atoms with Crippen molar-refractivity contribution >= 4 is 28.1 Å². The Hall–Kier alpha value is -4.10. The fourth-order valence-electron chi connectivity index (χ4n) is 4.81. The number of benzene rings is 4. The quantitative estimate of drug-likeness (QED) is 0.290. The summed E-state index contributed by atoms with van der Waals surface area (Å²) in [4.78, 5) is 12.8. The lowest BCUT2D eigenvalue weighted by Crippen LogP contribution is -2.39. The first-order valence-corrected chi connectivity index (χ1v) is 12.4. The van der Waals surface area contributed by atoms with Gasteiger partial charge in [0.1, 0.15) is 11.9 Å². The summed E-state index contributed by atoms with van der Waals surface area (Å²) in [6, 6.07) is 27.2. The van der Waals surface area contributed by atoms with Crippen molar-refractivity contribution in [3.8, 4) is 11.5 Å². The van der Waals surface area contributed by atoms with E-state index < -0.39 is 18.4 Å². The van der Waals surface area contributed by atoms with Crippen LogP contribution in [0.4, 0.5) is 15.8 Å². The normalized spacial score (nSPS) is 15.6. The van der Waals surface area contributed by atoms with E-state index in [9.17, 15) is 9.18 Å². The molecule has 4 aromatic carbocycles. The van der Waals surface area contributed by atoms with Gasteiger partial charge in [-0.1, -0.05) is 54.6 Å². The number of para-hydroxylation sites is 2. The van der Waals surface area contributed by atoms with Gasteiger partial charge in [-0.05, 0) is 60.5 Å². The molecule has 1 heterocycles. The Bertz CT molecular complexity index is 1400. The number of carbonyl (C=O) groups is 1. The molecule has 7 heteroatoms. The Morgan fingerprint density at radius 1 is 1.11 bits per heavy atom. The van der Waals surface area contributed by atoms with E-state index >= 15 is 0 Å². The van der Waals surface area contributed by atoms with Gasteiger partial charge in [0.2, 0.25) is 0 Å². The molecule has 4 aromatic rings. The number of ether oxygens (including phenoxy) is 2. The van der Waals surface area contributed by atoms with E-state index in [1.54, 1.807) is 6.07 Å². The Morgan fingerprint density at radius 2 is 1.89 bits per heavy atom. The van der Waals surface area contributed by atoms with E-state index in [2.05, 4.69) is 54.7 Å². The minimum Gasteiger partial charge on any atom is -0.486 e. The van der Waals surface area contributed by atoms with Gasteiger partial charge in [-0.25, -0.2) is 9.18 Å². The number of carboxylic acid groups (broad SMARTS) is 1. The molecule has 0 saturated heterocycles. The summed E-state index contributed by atoms with van der Waals surface area (Å²) in [5.74, 6) is -1.11. The zero-order chi connectivity index (χ0) is 25.8. The third-order valence-electron chi connectivity index (χ3n) is 6.62. The molecular weight excluding hydrogens is 471 g/mol. The molecule has 6 nitrogen and oxygen atoms in total. The Kier molecular flexibility index (Phi) is 7.23. The summed E-state index contributed by atoms with van der Waals surface area (Å²) in [7, 11) is 0. The molecule has 0 fully saturated rings. The van der Waals surface area contributed by atoms with Crippen molar-refractivity contribution in [2.75, 3.05) is 24.6 Å². The number of carboxylic acids is 1.